The molecule has 2 unspecified atom stereocenters. The number of H-pyrrole nitrogens is 1. The molecule has 2 N–H and O–H groups in total. The number of hydrogen-bond donors (Lipinski definition) is 2. The van der Waals surface area contributed by atoms with Crippen LogP contribution in [0.2, 0.25) is 0 Å². The summed E-state index contributed by atoms with van der Waals surface area (Å²) < 4.78 is 0. The minimum atomic E-state index is 0.278. The molecule has 0 radical (unpaired) electrons. The maximum absolute atomic E-state index is 12.9. The standard InChI is InChI=1S/C18H24N4O/c23-18(10-13-4-5-14-12-20-21-16(14)9-13)22-8-2-1-3-17(22)15-6-7-19-11-15/h4-5,9,12,15,17,19H,1-3,6-8,10-11H2,(H,20,21). The van der Waals surface area contributed by atoms with Crippen LogP contribution in [0.4, 0.5) is 0 Å². The Morgan fingerprint density at radius 3 is 3.13 bits per heavy atom. The van der Waals surface area contributed by atoms with Crippen molar-refractivity contribution in [1.29, 1.82) is 0 Å². The number of nitrogens with one attached hydrogen (secondary N) is 2. The van der Waals surface area contributed by atoms with E-state index in [1.165, 1.54) is 12.8 Å². The monoisotopic (exact) mass is 312 g/mol. The number of amides is 1. The van der Waals surface area contributed by atoms with Crippen molar-refractivity contribution in [3.63, 3.8) is 0 Å². The average molecular weight is 312 g/mol. The summed E-state index contributed by atoms with van der Waals surface area (Å²) in [7, 11) is 0. The van der Waals surface area contributed by atoms with Crippen LogP contribution >= 0.6 is 0 Å². The highest BCUT2D eigenvalue weighted by Crippen LogP contribution is 2.28. The normalized spacial score (nSPS) is 25.1. The molecule has 2 atom stereocenters. The smallest absolute Gasteiger partial charge is 0.227 e. The van der Waals surface area contributed by atoms with Crippen LogP contribution in [-0.2, 0) is 11.2 Å². The van der Waals surface area contributed by atoms with E-state index in [9.17, 15) is 4.79 Å². The van der Waals surface area contributed by atoms with Gasteiger partial charge in [0.2, 0.25) is 5.91 Å². The molecule has 4 rings (SSSR count). The Morgan fingerprint density at radius 2 is 2.26 bits per heavy atom. The molecule has 122 valence electrons. The predicted octanol–water partition coefficient (Wildman–Crippen LogP) is 2.10. The van der Waals surface area contributed by atoms with Crippen LogP contribution in [0.15, 0.2) is 24.4 Å². The van der Waals surface area contributed by atoms with E-state index in [1.807, 2.05) is 18.3 Å². The lowest BCUT2D eigenvalue weighted by Crippen LogP contribution is -2.48. The van der Waals surface area contributed by atoms with Gasteiger partial charge < -0.3 is 10.2 Å². The third-order valence-electron chi connectivity index (χ3n) is 5.37. The van der Waals surface area contributed by atoms with Crippen LogP contribution in [0.1, 0.15) is 31.2 Å². The number of nitrogens with zero attached hydrogens (tertiary/aromatic N) is 2. The van der Waals surface area contributed by atoms with Gasteiger partial charge in [-0.15, -0.1) is 0 Å². The first-order chi connectivity index (χ1) is 11.3. The molecule has 2 aliphatic heterocycles. The maximum Gasteiger partial charge on any atom is 0.227 e. The van der Waals surface area contributed by atoms with E-state index in [4.69, 9.17) is 0 Å². The molecule has 0 saturated carbocycles. The summed E-state index contributed by atoms with van der Waals surface area (Å²) in [5.74, 6) is 0.912. The molecule has 5 heteroatoms. The first-order valence-corrected chi connectivity index (χ1v) is 8.73. The summed E-state index contributed by atoms with van der Waals surface area (Å²) in [6.45, 7) is 3.08. The number of carbonyl (C=O) groups excluding carboxylic acids is 1. The van der Waals surface area contributed by atoms with Crippen molar-refractivity contribution < 1.29 is 4.79 Å². The summed E-state index contributed by atoms with van der Waals surface area (Å²) in [6.07, 6.45) is 7.07. The summed E-state index contributed by atoms with van der Waals surface area (Å²) in [5.41, 5.74) is 2.08. The zero-order valence-corrected chi connectivity index (χ0v) is 13.4. The number of hydrogen-bond acceptors (Lipinski definition) is 3. The fourth-order valence-corrected chi connectivity index (χ4v) is 4.13. The fourth-order valence-electron chi connectivity index (χ4n) is 4.13. The van der Waals surface area contributed by atoms with Crippen LogP contribution in [0, 0.1) is 5.92 Å². The lowest BCUT2D eigenvalue weighted by molar-refractivity contribution is -0.135. The van der Waals surface area contributed by atoms with Gasteiger partial charge in [0.15, 0.2) is 0 Å². The molecule has 5 nitrogen and oxygen atoms in total. The number of rotatable bonds is 3. The summed E-state index contributed by atoms with van der Waals surface area (Å²) in [4.78, 5) is 15.1. The van der Waals surface area contributed by atoms with Gasteiger partial charge >= 0.3 is 0 Å². The average Bonchev–Trinajstić information content (AvgIpc) is 3.26. The second-order valence-electron chi connectivity index (χ2n) is 6.87. The zero-order chi connectivity index (χ0) is 15.6. The van der Waals surface area contributed by atoms with Gasteiger partial charge in [0.25, 0.3) is 0 Å². The molecule has 2 saturated heterocycles. The summed E-state index contributed by atoms with van der Waals surface area (Å²) in [6, 6.07) is 6.57. The van der Waals surface area contributed by atoms with Gasteiger partial charge in [-0.3, -0.25) is 9.89 Å². The molecular formula is C18H24N4O. The first-order valence-electron chi connectivity index (χ1n) is 8.73. The van der Waals surface area contributed by atoms with Crippen molar-refractivity contribution in [3.8, 4) is 0 Å². The van der Waals surface area contributed by atoms with E-state index >= 15 is 0 Å². The number of fused-ring (bicyclic) bond motifs is 1. The van der Waals surface area contributed by atoms with E-state index in [0.717, 1.165) is 48.9 Å². The number of benzene rings is 1. The van der Waals surface area contributed by atoms with E-state index in [0.29, 0.717) is 18.4 Å². The number of carbonyl (C=O) groups is 1. The van der Waals surface area contributed by atoms with Crippen LogP contribution in [-0.4, -0.2) is 46.7 Å². The lowest BCUT2D eigenvalue weighted by Gasteiger charge is -2.39. The third-order valence-corrected chi connectivity index (χ3v) is 5.37. The van der Waals surface area contributed by atoms with E-state index in [2.05, 4.69) is 26.5 Å². The molecule has 0 spiro atoms. The summed E-state index contributed by atoms with van der Waals surface area (Å²) >= 11 is 0. The minimum Gasteiger partial charge on any atom is -0.339 e. The van der Waals surface area contributed by atoms with Crippen LogP contribution in [0.3, 0.4) is 0 Å². The van der Waals surface area contributed by atoms with Gasteiger partial charge in [-0.2, -0.15) is 5.10 Å². The Hall–Kier alpha value is -1.88. The molecule has 1 amide bonds. The van der Waals surface area contributed by atoms with E-state index < -0.39 is 0 Å². The van der Waals surface area contributed by atoms with Crippen molar-refractivity contribution >= 4 is 16.8 Å². The van der Waals surface area contributed by atoms with E-state index in [1.54, 1.807) is 0 Å². The van der Waals surface area contributed by atoms with Crippen molar-refractivity contribution in [2.45, 2.75) is 38.1 Å². The third kappa shape index (κ3) is 2.98. The second kappa shape index (κ2) is 6.32. The molecule has 1 aromatic heterocycles. The van der Waals surface area contributed by atoms with Gasteiger partial charge in [-0.1, -0.05) is 12.1 Å². The molecule has 0 aliphatic carbocycles. The predicted molar refractivity (Wildman–Crippen MR) is 90.1 cm³/mol. The molecule has 1 aromatic carbocycles. The van der Waals surface area contributed by atoms with Gasteiger partial charge in [-0.05, 0) is 56.3 Å². The Bertz CT molecular complexity index is 689. The highest BCUT2D eigenvalue weighted by molar-refractivity contribution is 5.83. The van der Waals surface area contributed by atoms with Crippen molar-refractivity contribution in [2.75, 3.05) is 19.6 Å². The van der Waals surface area contributed by atoms with Gasteiger partial charge in [0.05, 0.1) is 18.1 Å². The minimum absolute atomic E-state index is 0.278. The number of aromatic nitrogens is 2. The first kappa shape index (κ1) is 14.7. The largest absolute Gasteiger partial charge is 0.339 e. The second-order valence-corrected chi connectivity index (χ2v) is 6.87. The van der Waals surface area contributed by atoms with Crippen molar-refractivity contribution in [2.24, 2.45) is 5.92 Å². The summed E-state index contributed by atoms with van der Waals surface area (Å²) in [5, 5.41) is 11.6. The zero-order valence-electron chi connectivity index (χ0n) is 13.4. The number of piperidine rings is 1. The number of likely N-dealkylation sites (tertiary alicyclic amines) is 1. The lowest BCUT2D eigenvalue weighted by atomic mass is 9.89. The van der Waals surface area contributed by atoms with Crippen LogP contribution < -0.4 is 5.32 Å². The maximum atomic E-state index is 12.9. The molecule has 0 bridgehead atoms. The molecule has 2 aliphatic rings. The van der Waals surface area contributed by atoms with Gasteiger partial charge in [-0.25, -0.2) is 0 Å². The Balaban J connectivity index is 1.49. The Kier molecular flexibility index (Phi) is 4.04. The van der Waals surface area contributed by atoms with Crippen LogP contribution in [0.25, 0.3) is 10.9 Å². The Labute approximate surface area is 136 Å². The Morgan fingerprint density at radius 1 is 1.30 bits per heavy atom. The molecular weight excluding hydrogens is 288 g/mol. The van der Waals surface area contributed by atoms with Crippen LogP contribution in [0.5, 0.6) is 0 Å². The molecule has 23 heavy (non-hydrogen) atoms. The number of aromatic amines is 1. The highest BCUT2D eigenvalue weighted by atomic mass is 16.2. The van der Waals surface area contributed by atoms with E-state index in [-0.39, 0.29) is 5.91 Å². The molecule has 3 heterocycles. The SMILES string of the molecule is O=C(Cc1ccc2cn[nH]c2c1)N1CCCCC1C1CCNC1. The van der Waals surface area contributed by atoms with Crippen molar-refractivity contribution in [1.82, 2.24) is 20.4 Å². The molecule has 2 fully saturated rings. The topological polar surface area (TPSA) is 61.0 Å². The quantitative estimate of drug-likeness (QED) is 0.912. The van der Waals surface area contributed by atoms with Gasteiger partial charge in [0, 0.05) is 18.0 Å². The van der Waals surface area contributed by atoms with Crippen molar-refractivity contribution in [3.05, 3.63) is 30.0 Å². The fraction of sp³-hybridized carbons (Fsp3) is 0.556. The van der Waals surface area contributed by atoms with Gasteiger partial charge in [0.1, 0.15) is 0 Å². The molecule has 2 aromatic rings. The highest BCUT2D eigenvalue weighted by Gasteiger charge is 2.34.